The summed E-state index contributed by atoms with van der Waals surface area (Å²) in [5.41, 5.74) is 1.70. The molecule has 21 heavy (non-hydrogen) atoms. The number of aliphatic hydroxyl groups is 1. The van der Waals surface area contributed by atoms with Crippen LogP contribution in [-0.2, 0) is 16.6 Å². The molecule has 0 heterocycles. The lowest BCUT2D eigenvalue weighted by atomic mass is 10.1. The zero-order valence-corrected chi connectivity index (χ0v) is 13.4. The first-order valence-electron chi connectivity index (χ1n) is 6.02. The summed E-state index contributed by atoms with van der Waals surface area (Å²) >= 11 is 11.6. The predicted octanol–water partition coefficient (Wildman–Crippen LogP) is 3.59. The monoisotopic (exact) mass is 345 g/mol. The lowest BCUT2D eigenvalue weighted by Gasteiger charge is -2.11. The second-order valence-corrected chi connectivity index (χ2v) is 6.98. The van der Waals surface area contributed by atoms with Crippen molar-refractivity contribution in [1.29, 1.82) is 0 Å². The molecule has 0 aliphatic heterocycles. The van der Waals surface area contributed by atoms with Crippen LogP contribution in [0.4, 0.5) is 5.69 Å². The molecule has 4 nitrogen and oxygen atoms in total. The zero-order chi connectivity index (χ0) is 15.6. The minimum atomic E-state index is -3.76. The maximum atomic E-state index is 12.3. The number of aliphatic hydroxyl groups excluding tert-OH is 1. The zero-order valence-electron chi connectivity index (χ0n) is 11.1. The number of rotatable bonds is 4. The molecule has 0 bridgehead atoms. The molecule has 0 aromatic heterocycles. The van der Waals surface area contributed by atoms with Gasteiger partial charge in [0.15, 0.2) is 0 Å². The van der Waals surface area contributed by atoms with Gasteiger partial charge in [0, 0.05) is 0 Å². The Labute approximate surface area is 133 Å². The highest BCUT2D eigenvalue weighted by atomic mass is 35.5. The molecule has 0 fully saturated rings. The van der Waals surface area contributed by atoms with Crippen LogP contribution >= 0.6 is 23.2 Å². The van der Waals surface area contributed by atoms with Gasteiger partial charge in [0.1, 0.15) is 0 Å². The average Bonchev–Trinajstić information content (AvgIpc) is 2.43. The molecular weight excluding hydrogens is 333 g/mol. The molecule has 2 N–H and O–H groups in total. The Morgan fingerprint density at radius 3 is 2.43 bits per heavy atom. The third-order valence-corrected chi connectivity index (χ3v) is 5.09. The highest BCUT2D eigenvalue weighted by molar-refractivity contribution is 7.92. The number of benzene rings is 2. The van der Waals surface area contributed by atoms with E-state index in [1.807, 2.05) is 0 Å². The summed E-state index contributed by atoms with van der Waals surface area (Å²) in [4.78, 5) is 0.0724. The third kappa shape index (κ3) is 3.68. The SMILES string of the molecule is Cc1ccc(S(=O)(=O)Nc2ccc(Cl)c(Cl)c2)cc1CO. The maximum absolute atomic E-state index is 12.3. The van der Waals surface area contributed by atoms with Crippen LogP contribution in [0.3, 0.4) is 0 Å². The van der Waals surface area contributed by atoms with E-state index in [1.165, 1.54) is 30.3 Å². The van der Waals surface area contributed by atoms with Crippen LogP contribution in [-0.4, -0.2) is 13.5 Å². The van der Waals surface area contributed by atoms with Crippen LogP contribution in [0.15, 0.2) is 41.3 Å². The fourth-order valence-electron chi connectivity index (χ4n) is 1.76. The molecule has 112 valence electrons. The van der Waals surface area contributed by atoms with Crippen molar-refractivity contribution in [3.63, 3.8) is 0 Å². The Bertz CT molecular complexity index is 776. The van der Waals surface area contributed by atoms with E-state index in [9.17, 15) is 13.5 Å². The second kappa shape index (κ2) is 6.23. The van der Waals surface area contributed by atoms with E-state index in [4.69, 9.17) is 23.2 Å². The Balaban J connectivity index is 2.35. The first-order valence-corrected chi connectivity index (χ1v) is 8.25. The summed E-state index contributed by atoms with van der Waals surface area (Å²) in [6.45, 7) is 1.58. The number of halogens is 2. The van der Waals surface area contributed by atoms with Gasteiger partial charge in [-0.3, -0.25) is 4.72 Å². The largest absolute Gasteiger partial charge is 0.392 e. The van der Waals surface area contributed by atoms with Crippen molar-refractivity contribution in [1.82, 2.24) is 0 Å². The number of hydrogen-bond donors (Lipinski definition) is 2. The van der Waals surface area contributed by atoms with Crippen LogP contribution < -0.4 is 4.72 Å². The molecule has 0 radical (unpaired) electrons. The Kier molecular flexibility index (Phi) is 4.78. The summed E-state index contributed by atoms with van der Waals surface area (Å²) in [6.07, 6.45) is 0. The molecule has 2 aromatic rings. The van der Waals surface area contributed by atoms with Crippen LogP contribution in [0.25, 0.3) is 0 Å². The van der Waals surface area contributed by atoms with Gasteiger partial charge in [-0.1, -0.05) is 29.3 Å². The van der Waals surface area contributed by atoms with E-state index in [-0.39, 0.29) is 16.5 Å². The fourth-order valence-corrected chi connectivity index (χ4v) is 3.16. The minimum Gasteiger partial charge on any atom is -0.392 e. The van der Waals surface area contributed by atoms with E-state index in [0.717, 1.165) is 5.56 Å². The van der Waals surface area contributed by atoms with E-state index in [1.54, 1.807) is 13.0 Å². The molecule has 0 aliphatic carbocycles. The molecule has 0 saturated heterocycles. The van der Waals surface area contributed by atoms with Gasteiger partial charge in [0.2, 0.25) is 0 Å². The number of nitrogens with one attached hydrogen (secondary N) is 1. The molecule has 0 amide bonds. The van der Waals surface area contributed by atoms with Crippen molar-refractivity contribution in [2.45, 2.75) is 18.4 Å². The molecule has 0 unspecified atom stereocenters. The number of sulfonamides is 1. The molecule has 0 aliphatic rings. The van der Waals surface area contributed by atoms with Gasteiger partial charge in [0.05, 0.1) is 27.2 Å². The van der Waals surface area contributed by atoms with Gasteiger partial charge in [-0.25, -0.2) is 8.42 Å². The van der Waals surface area contributed by atoms with Crippen LogP contribution in [0.2, 0.25) is 10.0 Å². The highest BCUT2D eigenvalue weighted by Crippen LogP contribution is 2.26. The first-order chi connectivity index (χ1) is 9.83. The standard InChI is InChI=1S/C14H13Cl2NO3S/c1-9-2-4-12(6-10(9)8-18)21(19,20)17-11-3-5-13(15)14(16)7-11/h2-7,17-18H,8H2,1H3. The third-order valence-electron chi connectivity index (χ3n) is 2.97. The molecule has 0 saturated carbocycles. The van der Waals surface area contributed by atoms with E-state index < -0.39 is 10.0 Å². The van der Waals surface area contributed by atoms with Crippen molar-refractivity contribution in [2.75, 3.05) is 4.72 Å². The predicted molar refractivity (Wildman–Crippen MR) is 84.4 cm³/mol. The van der Waals surface area contributed by atoms with Gasteiger partial charge >= 0.3 is 0 Å². The molecule has 7 heteroatoms. The van der Waals surface area contributed by atoms with Gasteiger partial charge in [-0.05, 0) is 48.4 Å². The van der Waals surface area contributed by atoms with Crippen molar-refractivity contribution in [2.24, 2.45) is 0 Å². The lowest BCUT2D eigenvalue weighted by molar-refractivity contribution is 0.281. The second-order valence-electron chi connectivity index (χ2n) is 4.48. The van der Waals surface area contributed by atoms with Crippen molar-refractivity contribution in [3.8, 4) is 0 Å². The van der Waals surface area contributed by atoms with Crippen molar-refractivity contribution >= 4 is 38.9 Å². The Morgan fingerprint density at radius 2 is 1.81 bits per heavy atom. The highest BCUT2D eigenvalue weighted by Gasteiger charge is 2.16. The summed E-state index contributed by atoms with van der Waals surface area (Å²) in [7, 11) is -3.76. The number of aryl methyl sites for hydroxylation is 1. The molecule has 0 spiro atoms. The van der Waals surface area contributed by atoms with E-state index in [2.05, 4.69) is 4.72 Å². The summed E-state index contributed by atoms with van der Waals surface area (Å²) in [5.74, 6) is 0. The van der Waals surface area contributed by atoms with Crippen LogP contribution in [0, 0.1) is 6.92 Å². The fraction of sp³-hybridized carbons (Fsp3) is 0.143. The van der Waals surface area contributed by atoms with Crippen molar-refractivity contribution < 1.29 is 13.5 Å². The Morgan fingerprint density at radius 1 is 1.10 bits per heavy atom. The summed E-state index contributed by atoms with van der Waals surface area (Å²) < 4.78 is 27.0. The normalized spacial score (nSPS) is 11.4. The molecule has 0 atom stereocenters. The van der Waals surface area contributed by atoms with Crippen LogP contribution in [0.5, 0.6) is 0 Å². The molecular formula is C14H13Cl2NO3S. The van der Waals surface area contributed by atoms with Crippen LogP contribution in [0.1, 0.15) is 11.1 Å². The lowest BCUT2D eigenvalue weighted by Crippen LogP contribution is -2.13. The number of hydrogen-bond acceptors (Lipinski definition) is 3. The average molecular weight is 346 g/mol. The first kappa shape index (κ1) is 16.1. The quantitative estimate of drug-likeness (QED) is 0.889. The summed E-state index contributed by atoms with van der Waals surface area (Å²) in [5, 5.41) is 9.82. The van der Waals surface area contributed by atoms with Crippen molar-refractivity contribution in [3.05, 3.63) is 57.6 Å². The topological polar surface area (TPSA) is 66.4 Å². The minimum absolute atomic E-state index is 0.0724. The summed E-state index contributed by atoms with van der Waals surface area (Å²) in [6, 6.07) is 9.03. The van der Waals surface area contributed by atoms with Gasteiger partial charge in [0.25, 0.3) is 10.0 Å². The van der Waals surface area contributed by atoms with Gasteiger partial charge < -0.3 is 5.11 Å². The maximum Gasteiger partial charge on any atom is 0.261 e. The smallest absolute Gasteiger partial charge is 0.261 e. The van der Waals surface area contributed by atoms with E-state index >= 15 is 0 Å². The van der Waals surface area contributed by atoms with Gasteiger partial charge in [-0.2, -0.15) is 0 Å². The number of anilines is 1. The van der Waals surface area contributed by atoms with E-state index in [0.29, 0.717) is 16.3 Å². The van der Waals surface area contributed by atoms with Gasteiger partial charge in [-0.15, -0.1) is 0 Å². The molecule has 2 rings (SSSR count). The molecule has 2 aromatic carbocycles. The Hall–Kier alpha value is -1.27.